The van der Waals surface area contributed by atoms with E-state index < -0.39 is 59.1 Å². The third-order valence-corrected chi connectivity index (χ3v) is 8.13. The summed E-state index contributed by atoms with van der Waals surface area (Å²) >= 11 is 0. The number of benzene rings is 1. The van der Waals surface area contributed by atoms with Crippen LogP contribution in [0.4, 0.5) is 25.2 Å². The number of aliphatic hydroxyl groups excluding tert-OH is 1. The fraction of sp³-hybridized carbons (Fsp3) is 0.500. The van der Waals surface area contributed by atoms with Gasteiger partial charge in [0.05, 0.1) is 12.3 Å². The number of aliphatic hydroxyl groups is 1. The number of nitrogens with one attached hydrogen (secondary N) is 2. The fourth-order valence-corrected chi connectivity index (χ4v) is 4.87. The number of anilines is 2. The lowest BCUT2D eigenvalue weighted by molar-refractivity contribution is -0.0839. The van der Waals surface area contributed by atoms with Crippen LogP contribution in [0.5, 0.6) is 0 Å². The van der Waals surface area contributed by atoms with Gasteiger partial charge in [-0.15, -0.1) is 12.4 Å². The van der Waals surface area contributed by atoms with Crippen molar-refractivity contribution in [1.82, 2.24) is 15.2 Å². The number of carbonyl (C=O) groups excluding carboxylic acids is 1. The van der Waals surface area contributed by atoms with E-state index >= 15 is 0 Å². The molecule has 0 radical (unpaired) electrons. The second kappa shape index (κ2) is 13.6. The first kappa shape index (κ1) is 34.0. The third-order valence-electron chi connectivity index (χ3n) is 6.95. The summed E-state index contributed by atoms with van der Waals surface area (Å²) in [5.41, 5.74) is 0.575. The molecule has 1 aliphatic rings. The van der Waals surface area contributed by atoms with Gasteiger partial charge in [0, 0.05) is 31.6 Å². The number of halogens is 3. The van der Waals surface area contributed by atoms with Gasteiger partial charge in [-0.25, -0.2) is 27.0 Å². The monoisotopic (exact) mass is 619 g/mol. The van der Waals surface area contributed by atoms with E-state index in [2.05, 4.69) is 15.6 Å². The normalized spacial score (nSPS) is 18.5. The summed E-state index contributed by atoms with van der Waals surface area (Å²) < 4.78 is 54.9. The van der Waals surface area contributed by atoms with E-state index in [0.29, 0.717) is 16.9 Å². The lowest BCUT2D eigenvalue weighted by Crippen LogP contribution is -2.58. The Balaban J connectivity index is 0.00000588. The van der Waals surface area contributed by atoms with Gasteiger partial charge in [-0.1, -0.05) is 37.3 Å². The zero-order chi connectivity index (χ0) is 29.8. The first-order valence-corrected chi connectivity index (χ1v) is 14.6. The first-order chi connectivity index (χ1) is 18.6. The number of amides is 2. The minimum absolute atomic E-state index is 0. The van der Waals surface area contributed by atoms with Gasteiger partial charge in [0.25, 0.3) is 11.8 Å². The van der Waals surface area contributed by atoms with Crippen molar-refractivity contribution in [3.8, 4) is 0 Å². The molecule has 1 saturated heterocycles. The number of hydrogen-bond acceptors (Lipinski definition) is 7. The number of carboxylic acid groups (broad SMARTS) is 1. The molecule has 1 aliphatic heterocycles. The Kier molecular flexibility index (Phi) is 11.3. The molecule has 11 nitrogen and oxygen atoms in total. The highest BCUT2D eigenvalue weighted by Gasteiger charge is 2.56. The zero-order valence-electron chi connectivity index (χ0n) is 23.1. The minimum Gasteiger partial charge on any atom is -0.465 e. The zero-order valence-corrected chi connectivity index (χ0v) is 24.8. The Labute approximate surface area is 244 Å². The van der Waals surface area contributed by atoms with Crippen molar-refractivity contribution >= 4 is 46.1 Å². The van der Waals surface area contributed by atoms with Gasteiger partial charge in [-0.3, -0.25) is 14.0 Å². The van der Waals surface area contributed by atoms with E-state index in [9.17, 15) is 37.0 Å². The van der Waals surface area contributed by atoms with Crippen LogP contribution in [0.15, 0.2) is 42.5 Å². The van der Waals surface area contributed by atoms with Crippen LogP contribution in [-0.4, -0.2) is 90.5 Å². The largest absolute Gasteiger partial charge is 0.465 e. The number of aromatic nitrogens is 1. The summed E-state index contributed by atoms with van der Waals surface area (Å²) in [6.45, 7) is 3.33. The number of pyridine rings is 1. The van der Waals surface area contributed by atoms with Gasteiger partial charge < -0.3 is 20.8 Å². The molecule has 1 fully saturated rings. The molecule has 41 heavy (non-hydrogen) atoms. The van der Waals surface area contributed by atoms with Gasteiger partial charge >= 0.3 is 6.09 Å². The Morgan fingerprint density at radius 2 is 1.88 bits per heavy atom. The number of sulfonamides is 1. The second-order valence-electron chi connectivity index (χ2n) is 9.98. The summed E-state index contributed by atoms with van der Waals surface area (Å²) in [6.07, 6.45) is -2.72. The topological polar surface area (TPSA) is 152 Å². The van der Waals surface area contributed by atoms with Gasteiger partial charge in [0.1, 0.15) is 23.8 Å². The quantitative estimate of drug-likeness (QED) is 0.299. The van der Waals surface area contributed by atoms with Gasteiger partial charge in [-0.05, 0) is 37.5 Å². The number of nitrogens with zero attached hydrogens (tertiary/aromatic N) is 3. The average Bonchev–Trinajstić information content (AvgIpc) is 3.22. The molecule has 1 aromatic heterocycles. The van der Waals surface area contributed by atoms with E-state index in [-0.39, 0.29) is 42.1 Å². The van der Waals surface area contributed by atoms with Crippen molar-refractivity contribution in [1.29, 1.82) is 0 Å². The van der Waals surface area contributed by atoms with Crippen LogP contribution >= 0.6 is 12.4 Å². The highest BCUT2D eigenvalue weighted by Crippen LogP contribution is 2.37. The molecule has 0 saturated carbocycles. The standard InChI is InChI=1S/C26H35F2N5O6S.ClH/c1-5-16(2)29-20-14-18(15-21(31-20)32(3)40(4,38)39)24(35)30-19(13-17-9-7-6-8-10-17)22(34)23-26(27,28)11-12-33(23)25(36)37;/h6-10,14-16,19,22-23,34H,5,11-13H2,1-4H3,(H,29,31)(H,30,35)(H,36,37);1H/t16-,19?,22?,23?;/m0./s1. The molecule has 2 amide bonds. The molecule has 2 aromatic rings. The van der Waals surface area contributed by atoms with Crippen molar-refractivity contribution in [2.45, 2.75) is 63.3 Å². The van der Waals surface area contributed by atoms with E-state index in [1.165, 1.54) is 19.2 Å². The summed E-state index contributed by atoms with van der Waals surface area (Å²) in [5.74, 6) is -4.15. The van der Waals surface area contributed by atoms with Crippen LogP contribution in [0.2, 0.25) is 0 Å². The Bertz CT molecular complexity index is 1320. The van der Waals surface area contributed by atoms with E-state index in [1.807, 2.05) is 13.8 Å². The molecular formula is C26H36ClF2N5O6S. The highest BCUT2D eigenvalue weighted by atomic mass is 35.5. The molecule has 0 aliphatic carbocycles. The van der Waals surface area contributed by atoms with Crippen molar-refractivity contribution in [2.75, 3.05) is 29.5 Å². The molecule has 228 valence electrons. The molecular weight excluding hydrogens is 584 g/mol. The van der Waals surface area contributed by atoms with E-state index in [4.69, 9.17) is 0 Å². The van der Waals surface area contributed by atoms with Crippen molar-refractivity contribution in [3.63, 3.8) is 0 Å². The van der Waals surface area contributed by atoms with Crippen LogP contribution < -0.4 is 14.9 Å². The Morgan fingerprint density at radius 1 is 1.24 bits per heavy atom. The lowest BCUT2D eigenvalue weighted by atomic mass is 9.93. The van der Waals surface area contributed by atoms with Gasteiger partial charge in [0.15, 0.2) is 0 Å². The second-order valence-corrected chi connectivity index (χ2v) is 12.0. The SMILES string of the molecule is CC[C@H](C)Nc1cc(C(=O)NC(Cc2ccccc2)C(O)C2N(C(=O)O)CCC2(F)F)cc(N(C)S(C)(=O)=O)n1.Cl. The first-order valence-electron chi connectivity index (χ1n) is 12.8. The number of rotatable bonds is 11. The molecule has 1 aromatic carbocycles. The maximum atomic E-state index is 14.8. The van der Waals surface area contributed by atoms with E-state index in [1.54, 1.807) is 30.3 Å². The number of hydrogen-bond donors (Lipinski definition) is 4. The van der Waals surface area contributed by atoms with Crippen LogP contribution in [-0.2, 0) is 16.4 Å². The molecule has 2 heterocycles. The summed E-state index contributed by atoms with van der Waals surface area (Å²) in [5, 5.41) is 26.3. The number of likely N-dealkylation sites (tertiary alicyclic amines) is 1. The van der Waals surface area contributed by atoms with Crippen molar-refractivity contribution in [3.05, 3.63) is 53.6 Å². The minimum atomic E-state index is -3.74. The molecule has 4 N–H and O–H groups in total. The predicted octanol–water partition coefficient (Wildman–Crippen LogP) is 3.20. The highest BCUT2D eigenvalue weighted by molar-refractivity contribution is 7.92. The third kappa shape index (κ3) is 8.39. The summed E-state index contributed by atoms with van der Waals surface area (Å²) in [6, 6.07) is 7.69. The van der Waals surface area contributed by atoms with Crippen LogP contribution in [0.1, 0.15) is 42.6 Å². The molecule has 15 heteroatoms. The number of carbonyl (C=O) groups is 2. The maximum Gasteiger partial charge on any atom is 0.407 e. The predicted molar refractivity (Wildman–Crippen MR) is 154 cm³/mol. The summed E-state index contributed by atoms with van der Waals surface area (Å²) in [4.78, 5) is 30.0. The fourth-order valence-electron chi connectivity index (χ4n) is 4.44. The molecule has 3 unspecified atom stereocenters. The van der Waals surface area contributed by atoms with Gasteiger partial charge in [-0.2, -0.15) is 0 Å². The molecule has 3 rings (SSSR count). The smallest absolute Gasteiger partial charge is 0.407 e. The maximum absolute atomic E-state index is 14.8. The average molecular weight is 620 g/mol. The van der Waals surface area contributed by atoms with Crippen LogP contribution in [0.3, 0.4) is 0 Å². The lowest BCUT2D eigenvalue weighted by Gasteiger charge is -2.35. The molecule has 4 atom stereocenters. The van der Waals surface area contributed by atoms with Crippen molar-refractivity contribution in [2.24, 2.45) is 0 Å². The molecule has 0 bridgehead atoms. The Morgan fingerprint density at radius 3 is 2.44 bits per heavy atom. The van der Waals surface area contributed by atoms with Gasteiger partial charge in [0.2, 0.25) is 10.0 Å². The number of alkyl halides is 2. The van der Waals surface area contributed by atoms with Crippen LogP contribution in [0, 0.1) is 0 Å². The summed E-state index contributed by atoms with van der Waals surface area (Å²) in [7, 11) is -2.46. The van der Waals surface area contributed by atoms with E-state index in [0.717, 1.165) is 10.6 Å². The van der Waals surface area contributed by atoms with Crippen molar-refractivity contribution < 1.29 is 37.0 Å². The molecule has 0 spiro atoms. The Hall–Kier alpha value is -3.23. The van der Waals surface area contributed by atoms with Crippen LogP contribution in [0.25, 0.3) is 0 Å².